The van der Waals surface area contributed by atoms with Crippen molar-refractivity contribution in [2.75, 3.05) is 13.4 Å². The number of aromatic nitrogens is 2. The molecule has 1 aromatic heterocycles. The number of fused-ring (bicyclic) bond motifs is 1. The van der Waals surface area contributed by atoms with E-state index in [0.29, 0.717) is 11.3 Å². The lowest BCUT2D eigenvalue weighted by Gasteiger charge is -2.17. The van der Waals surface area contributed by atoms with Gasteiger partial charge in [-0.3, -0.25) is 4.79 Å². The first-order chi connectivity index (χ1) is 13.1. The molecule has 0 aliphatic carbocycles. The standard InChI is InChI=1S/C20H21N3O3S/c1-26-20(25)19(14-8-4-3-5-9-14)22-18(24)12-23-16-11-7-6-10-15(16)21-17(23)13-27-2/h3-11,19H,12-13H2,1-2H3,(H,22,24). The van der Waals surface area contributed by atoms with Crippen LogP contribution >= 0.6 is 11.8 Å². The van der Waals surface area contributed by atoms with E-state index in [1.165, 1.54) is 7.11 Å². The molecule has 0 bridgehead atoms. The second-order valence-corrected chi connectivity index (χ2v) is 6.84. The van der Waals surface area contributed by atoms with Crippen molar-refractivity contribution in [3.63, 3.8) is 0 Å². The molecule has 0 spiro atoms. The van der Waals surface area contributed by atoms with Gasteiger partial charge in [0.1, 0.15) is 12.4 Å². The maximum atomic E-state index is 12.7. The molecule has 0 aliphatic heterocycles. The summed E-state index contributed by atoms with van der Waals surface area (Å²) in [7, 11) is 1.31. The molecule has 1 atom stereocenters. The Morgan fingerprint density at radius 2 is 1.85 bits per heavy atom. The van der Waals surface area contributed by atoms with Crippen molar-refractivity contribution < 1.29 is 14.3 Å². The normalized spacial score (nSPS) is 11.9. The molecule has 27 heavy (non-hydrogen) atoms. The van der Waals surface area contributed by atoms with Gasteiger partial charge < -0.3 is 14.6 Å². The molecule has 2 aromatic carbocycles. The third-order valence-corrected chi connectivity index (χ3v) is 4.73. The highest BCUT2D eigenvalue weighted by molar-refractivity contribution is 7.97. The van der Waals surface area contributed by atoms with E-state index >= 15 is 0 Å². The van der Waals surface area contributed by atoms with Crippen LogP contribution in [0.5, 0.6) is 0 Å². The van der Waals surface area contributed by atoms with Gasteiger partial charge in [-0.15, -0.1) is 0 Å². The second-order valence-electron chi connectivity index (χ2n) is 5.97. The van der Waals surface area contributed by atoms with Crippen LogP contribution in [0.3, 0.4) is 0 Å². The van der Waals surface area contributed by atoms with E-state index in [0.717, 1.165) is 16.9 Å². The number of benzene rings is 2. The lowest BCUT2D eigenvalue weighted by Crippen LogP contribution is -2.36. The Kier molecular flexibility index (Phi) is 6.13. The maximum Gasteiger partial charge on any atom is 0.333 e. The number of hydrogen-bond donors (Lipinski definition) is 1. The van der Waals surface area contributed by atoms with Gasteiger partial charge in [0.15, 0.2) is 6.04 Å². The Balaban J connectivity index is 1.85. The van der Waals surface area contributed by atoms with E-state index in [9.17, 15) is 9.59 Å². The maximum absolute atomic E-state index is 12.7. The number of esters is 1. The minimum absolute atomic E-state index is 0.0801. The summed E-state index contributed by atoms with van der Waals surface area (Å²) in [6, 6.07) is 15.9. The van der Waals surface area contributed by atoms with Gasteiger partial charge in [-0.1, -0.05) is 42.5 Å². The summed E-state index contributed by atoms with van der Waals surface area (Å²) < 4.78 is 6.75. The first kappa shape index (κ1) is 19.0. The molecule has 7 heteroatoms. The third kappa shape index (κ3) is 4.31. The van der Waals surface area contributed by atoms with Crippen molar-refractivity contribution in [2.24, 2.45) is 0 Å². The van der Waals surface area contributed by atoms with Crippen LogP contribution in [0.4, 0.5) is 0 Å². The zero-order valence-electron chi connectivity index (χ0n) is 15.2. The number of amides is 1. The lowest BCUT2D eigenvalue weighted by molar-refractivity contribution is -0.145. The van der Waals surface area contributed by atoms with Gasteiger partial charge in [-0.2, -0.15) is 11.8 Å². The molecule has 140 valence electrons. The third-order valence-electron chi connectivity index (χ3n) is 4.18. The number of hydrogen-bond acceptors (Lipinski definition) is 5. The zero-order valence-corrected chi connectivity index (χ0v) is 16.0. The van der Waals surface area contributed by atoms with Gasteiger partial charge in [0.2, 0.25) is 5.91 Å². The van der Waals surface area contributed by atoms with Crippen LogP contribution < -0.4 is 5.32 Å². The fourth-order valence-electron chi connectivity index (χ4n) is 2.93. The summed E-state index contributed by atoms with van der Waals surface area (Å²) in [4.78, 5) is 29.5. The minimum Gasteiger partial charge on any atom is -0.467 e. The Hall–Kier alpha value is -2.80. The van der Waals surface area contributed by atoms with Crippen molar-refractivity contribution >= 4 is 34.7 Å². The predicted octanol–water partition coefficient (Wildman–Crippen LogP) is 2.93. The van der Waals surface area contributed by atoms with E-state index in [-0.39, 0.29) is 12.5 Å². The molecule has 1 unspecified atom stereocenters. The van der Waals surface area contributed by atoms with E-state index in [1.807, 2.05) is 53.3 Å². The van der Waals surface area contributed by atoms with E-state index in [1.54, 1.807) is 23.9 Å². The summed E-state index contributed by atoms with van der Waals surface area (Å²) in [5.41, 5.74) is 2.42. The fraction of sp³-hybridized carbons (Fsp3) is 0.250. The van der Waals surface area contributed by atoms with Gasteiger partial charge in [-0.25, -0.2) is 9.78 Å². The monoisotopic (exact) mass is 383 g/mol. The van der Waals surface area contributed by atoms with Crippen LogP contribution in [0.25, 0.3) is 11.0 Å². The number of para-hydroxylation sites is 2. The van der Waals surface area contributed by atoms with Crippen LogP contribution in [0.15, 0.2) is 54.6 Å². The average Bonchev–Trinajstić information content (AvgIpc) is 3.04. The number of nitrogens with zero attached hydrogens (tertiary/aromatic N) is 2. The molecule has 1 N–H and O–H groups in total. The smallest absolute Gasteiger partial charge is 0.333 e. The summed E-state index contributed by atoms with van der Waals surface area (Å²) in [5.74, 6) is 0.739. The first-order valence-electron chi connectivity index (χ1n) is 8.49. The molecular weight excluding hydrogens is 362 g/mol. The Morgan fingerprint density at radius 1 is 1.15 bits per heavy atom. The quantitative estimate of drug-likeness (QED) is 0.635. The van der Waals surface area contributed by atoms with Crippen molar-refractivity contribution in [1.29, 1.82) is 0 Å². The van der Waals surface area contributed by atoms with Crippen molar-refractivity contribution in [3.05, 3.63) is 66.0 Å². The molecule has 0 saturated carbocycles. The van der Waals surface area contributed by atoms with Crippen LogP contribution in [-0.2, 0) is 26.6 Å². The first-order valence-corrected chi connectivity index (χ1v) is 9.88. The summed E-state index contributed by atoms with van der Waals surface area (Å²) in [5, 5.41) is 2.79. The molecule has 3 rings (SSSR count). The zero-order chi connectivity index (χ0) is 19.2. The van der Waals surface area contributed by atoms with Gasteiger partial charge in [0.05, 0.1) is 23.9 Å². The van der Waals surface area contributed by atoms with E-state index in [4.69, 9.17) is 4.74 Å². The van der Waals surface area contributed by atoms with Crippen molar-refractivity contribution in [1.82, 2.24) is 14.9 Å². The average molecular weight is 383 g/mol. The van der Waals surface area contributed by atoms with Gasteiger partial charge in [0, 0.05) is 0 Å². The second kappa shape index (κ2) is 8.73. The van der Waals surface area contributed by atoms with E-state index in [2.05, 4.69) is 10.3 Å². The number of imidazole rings is 1. The lowest BCUT2D eigenvalue weighted by atomic mass is 10.1. The molecule has 1 heterocycles. The van der Waals surface area contributed by atoms with Gasteiger partial charge in [-0.05, 0) is 24.0 Å². The Morgan fingerprint density at radius 3 is 2.56 bits per heavy atom. The largest absolute Gasteiger partial charge is 0.467 e. The van der Waals surface area contributed by atoms with Crippen LogP contribution in [0.2, 0.25) is 0 Å². The minimum atomic E-state index is -0.845. The van der Waals surface area contributed by atoms with Gasteiger partial charge in [0.25, 0.3) is 0 Å². The van der Waals surface area contributed by atoms with E-state index < -0.39 is 12.0 Å². The number of nitrogens with one attached hydrogen (secondary N) is 1. The van der Waals surface area contributed by atoms with Crippen molar-refractivity contribution in [3.8, 4) is 0 Å². The molecule has 1 amide bonds. The number of carbonyl (C=O) groups excluding carboxylic acids is 2. The summed E-state index contributed by atoms with van der Waals surface area (Å²) in [6.45, 7) is 0.0801. The van der Waals surface area contributed by atoms with Crippen LogP contribution in [-0.4, -0.2) is 34.8 Å². The van der Waals surface area contributed by atoms with Gasteiger partial charge >= 0.3 is 5.97 Å². The topological polar surface area (TPSA) is 73.2 Å². The number of carbonyl (C=O) groups is 2. The number of rotatable bonds is 7. The molecule has 3 aromatic rings. The Labute approximate surface area is 161 Å². The molecule has 0 saturated heterocycles. The molecular formula is C20H21N3O3S. The van der Waals surface area contributed by atoms with Crippen LogP contribution in [0, 0.1) is 0 Å². The van der Waals surface area contributed by atoms with Crippen molar-refractivity contribution in [2.45, 2.75) is 18.3 Å². The molecule has 0 aliphatic rings. The summed E-state index contributed by atoms with van der Waals surface area (Å²) >= 11 is 1.64. The SMILES string of the molecule is COC(=O)C(NC(=O)Cn1c(CSC)nc2ccccc21)c1ccccc1. The Bertz CT molecular complexity index is 940. The number of methoxy groups -OCH3 is 1. The summed E-state index contributed by atoms with van der Waals surface area (Å²) in [6.07, 6.45) is 1.99. The molecule has 0 fully saturated rings. The highest BCUT2D eigenvalue weighted by Crippen LogP contribution is 2.19. The predicted molar refractivity (Wildman–Crippen MR) is 106 cm³/mol. The fourth-order valence-corrected chi connectivity index (χ4v) is 3.41. The van der Waals surface area contributed by atoms with Crippen LogP contribution in [0.1, 0.15) is 17.4 Å². The number of thioether (sulfide) groups is 1. The highest BCUT2D eigenvalue weighted by Gasteiger charge is 2.24. The highest BCUT2D eigenvalue weighted by atomic mass is 32.2. The number of ether oxygens (including phenoxy) is 1. The molecule has 0 radical (unpaired) electrons. The molecule has 6 nitrogen and oxygen atoms in total.